The Morgan fingerprint density at radius 2 is 1.75 bits per heavy atom. The summed E-state index contributed by atoms with van der Waals surface area (Å²) in [6, 6.07) is 6.52. The van der Waals surface area contributed by atoms with Crippen molar-refractivity contribution in [3.63, 3.8) is 0 Å². The maximum Gasteiger partial charge on any atom is 0.269 e. The van der Waals surface area contributed by atoms with E-state index in [2.05, 4.69) is 13.8 Å². The molecule has 0 unspecified atom stereocenters. The highest BCUT2D eigenvalue weighted by Crippen LogP contribution is 2.11. The van der Waals surface area contributed by atoms with Gasteiger partial charge in [-0.15, -0.1) is 0 Å². The van der Waals surface area contributed by atoms with E-state index in [1.165, 1.54) is 12.5 Å². The summed E-state index contributed by atoms with van der Waals surface area (Å²) in [4.78, 5) is 17.8. The Kier molecular flexibility index (Phi) is 16.4. The molecule has 4 nitrogen and oxygen atoms in total. The van der Waals surface area contributed by atoms with E-state index in [1.807, 2.05) is 19.8 Å². The largest absolute Gasteiger partial charge is 0.307 e. The lowest BCUT2D eigenvalue weighted by Crippen LogP contribution is -1.86. The van der Waals surface area contributed by atoms with Crippen LogP contribution >= 0.6 is 0 Å². The van der Waals surface area contributed by atoms with Crippen LogP contribution in [0.4, 0.5) is 5.69 Å². The number of non-ortho nitro benzene ring substituents is 1. The zero-order valence-corrected chi connectivity index (χ0v) is 9.40. The van der Waals surface area contributed by atoms with Gasteiger partial charge in [0.1, 0.15) is 6.79 Å². The van der Waals surface area contributed by atoms with Crippen molar-refractivity contribution >= 4 is 12.5 Å². The molecule has 0 aliphatic rings. The van der Waals surface area contributed by atoms with Gasteiger partial charge >= 0.3 is 0 Å². The molecule has 0 spiro atoms. The smallest absolute Gasteiger partial charge is 0.269 e. The van der Waals surface area contributed by atoms with Gasteiger partial charge in [-0.3, -0.25) is 10.1 Å². The zero-order valence-electron chi connectivity index (χ0n) is 9.40. The van der Waals surface area contributed by atoms with Crippen molar-refractivity contribution in [3.05, 3.63) is 39.9 Å². The predicted octanol–water partition coefficient (Wildman–Crippen LogP) is 3.77. The van der Waals surface area contributed by atoms with Crippen molar-refractivity contribution in [2.24, 2.45) is 0 Å². The molecule has 4 heteroatoms. The zero-order chi connectivity index (χ0) is 12.3. The van der Waals surface area contributed by atoms with Crippen LogP contribution < -0.4 is 0 Å². The van der Waals surface area contributed by atoms with E-state index in [0.717, 1.165) is 5.56 Å². The van der Waals surface area contributed by atoms with Crippen LogP contribution in [-0.2, 0) is 4.79 Å². The lowest BCUT2D eigenvalue weighted by atomic mass is 10.2. The SMILES string of the molecule is C.C=O.CCC.Cc1cccc([N+](=O)[O-])c1. The molecule has 0 atom stereocenters. The van der Waals surface area contributed by atoms with E-state index in [1.54, 1.807) is 12.1 Å². The quantitative estimate of drug-likeness (QED) is 0.542. The minimum atomic E-state index is -0.396. The number of nitro benzene ring substituents is 1. The Morgan fingerprint density at radius 1 is 1.31 bits per heavy atom. The molecule has 0 bridgehead atoms. The summed E-state index contributed by atoms with van der Waals surface area (Å²) in [7, 11) is 0. The number of hydrogen-bond acceptors (Lipinski definition) is 3. The molecule has 0 aliphatic carbocycles. The van der Waals surface area contributed by atoms with E-state index in [9.17, 15) is 10.1 Å². The van der Waals surface area contributed by atoms with Crippen LogP contribution in [-0.4, -0.2) is 11.7 Å². The van der Waals surface area contributed by atoms with Crippen molar-refractivity contribution in [2.45, 2.75) is 34.6 Å². The fourth-order valence-corrected chi connectivity index (χ4v) is 0.742. The molecule has 0 aliphatic heterocycles. The van der Waals surface area contributed by atoms with Crippen molar-refractivity contribution in [1.29, 1.82) is 0 Å². The number of nitro groups is 1. The molecule has 1 aromatic carbocycles. The minimum Gasteiger partial charge on any atom is -0.307 e. The number of rotatable bonds is 1. The molecule has 0 amide bonds. The molecule has 0 heterocycles. The Balaban J connectivity index is -0.000000246. The highest BCUT2D eigenvalue weighted by molar-refractivity contribution is 5.33. The maximum absolute atomic E-state index is 10.2. The molecule has 0 saturated heterocycles. The lowest BCUT2D eigenvalue weighted by molar-refractivity contribution is -0.384. The first-order chi connectivity index (χ1) is 7.11. The third-order valence-electron chi connectivity index (χ3n) is 1.21. The molecular weight excluding hydrogens is 206 g/mol. The second-order valence-corrected chi connectivity index (χ2v) is 2.80. The molecule has 0 N–H and O–H groups in total. The molecule has 1 aromatic rings. The summed E-state index contributed by atoms with van der Waals surface area (Å²) in [5, 5.41) is 10.2. The molecule has 0 radical (unpaired) electrons. The summed E-state index contributed by atoms with van der Waals surface area (Å²) < 4.78 is 0. The summed E-state index contributed by atoms with van der Waals surface area (Å²) in [5.41, 5.74) is 1.06. The molecular formula is C12H21NO3. The van der Waals surface area contributed by atoms with Gasteiger partial charge in [0.15, 0.2) is 0 Å². The van der Waals surface area contributed by atoms with Crippen LogP contribution in [0, 0.1) is 17.0 Å². The Labute approximate surface area is 97.5 Å². The Bertz CT molecular complexity index is 287. The van der Waals surface area contributed by atoms with Crippen molar-refractivity contribution in [3.8, 4) is 0 Å². The van der Waals surface area contributed by atoms with Gasteiger partial charge in [0.05, 0.1) is 4.92 Å². The summed E-state index contributed by atoms with van der Waals surface area (Å²) in [6.45, 7) is 8.08. The van der Waals surface area contributed by atoms with Crippen LogP contribution in [0.3, 0.4) is 0 Å². The second-order valence-electron chi connectivity index (χ2n) is 2.80. The topological polar surface area (TPSA) is 60.2 Å². The number of benzene rings is 1. The number of hydrogen-bond donors (Lipinski definition) is 0. The molecule has 0 saturated carbocycles. The van der Waals surface area contributed by atoms with Crippen LogP contribution in [0.5, 0.6) is 0 Å². The van der Waals surface area contributed by atoms with E-state index >= 15 is 0 Å². The number of nitrogens with zero attached hydrogens (tertiary/aromatic N) is 1. The Hall–Kier alpha value is -1.71. The van der Waals surface area contributed by atoms with E-state index < -0.39 is 4.92 Å². The predicted molar refractivity (Wildman–Crippen MR) is 67.7 cm³/mol. The normalized spacial score (nSPS) is 7.19. The van der Waals surface area contributed by atoms with Gasteiger partial charge in [0.25, 0.3) is 5.69 Å². The van der Waals surface area contributed by atoms with Gasteiger partial charge in [-0.25, -0.2) is 0 Å². The van der Waals surface area contributed by atoms with Gasteiger partial charge in [0.2, 0.25) is 0 Å². The fourth-order valence-electron chi connectivity index (χ4n) is 0.742. The van der Waals surface area contributed by atoms with Crippen LogP contribution in [0.15, 0.2) is 24.3 Å². The van der Waals surface area contributed by atoms with Gasteiger partial charge < -0.3 is 4.79 Å². The first-order valence-corrected chi connectivity index (χ1v) is 4.61. The van der Waals surface area contributed by atoms with Gasteiger partial charge in [-0.2, -0.15) is 0 Å². The average Bonchev–Trinajstić information content (AvgIpc) is 2.22. The van der Waals surface area contributed by atoms with Crippen molar-refractivity contribution < 1.29 is 9.72 Å². The molecule has 0 aromatic heterocycles. The molecule has 0 fully saturated rings. The van der Waals surface area contributed by atoms with Crippen molar-refractivity contribution in [2.75, 3.05) is 0 Å². The monoisotopic (exact) mass is 227 g/mol. The summed E-state index contributed by atoms with van der Waals surface area (Å²) in [5.74, 6) is 0. The standard InChI is InChI=1S/C7H7NO2.C3H8.CH2O.CH4/c1-6-3-2-4-7(5-6)8(9)10;1-3-2;1-2;/h2-5H,1H3;3H2,1-2H3;1H2;1H4. The summed E-state index contributed by atoms with van der Waals surface area (Å²) in [6.07, 6.45) is 1.25. The second kappa shape index (κ2) is 13.3. The lowest BCUT2D eigenvalue weighted by Gasteiger charge is -1.90. The summed E-state index contributed by atoms with van der Waals surface area (Å²) >= 11 is 0. The van der Waals surface area contributed by atoms with Crippen molar-refractivity contribution in [1.82, 2.24) is 0 Å². The third kappa shape index (κ3) is 10.4. The minimum absolute atomic E-state index is 0. The fraction of sp³-hybridized carbons (Fsp3) is 0.417. The number of carbonyl (C=O) groups excluding carboxylic acids is 1. The van der Waals surface area contributed by atoms with Gasteiger partial charge in [0, 0.05) is 12.1 Å². The van der Waals surface area contributed by atoms with E-state index in [-0.39, 0.29) is 13.1 Å². The molecule has 92 valence electrons. The van der Waals surface area contributed by atoms with Crippen LogP contribution in [0.25, 0.3) is 0 Å². The molecule has 16 heavy (non-hydrogen) atoms. The maximum atomic E-state index is 10.2. The molecule has 1 rings (SSSR count). The average molecular weight is 227 g/mol. The Morgan fingerprint density at radius 3 is 2.00 bits per heavy atom. The highest BCUT2D eigenvalue weighted by atomic mass is 16.6. The number of carbonyl (C=O) groups is 1. The van der Waals surface area contributed by atoms with Crippen LogP contribution in [0.2, 0.25) is 0 Å². The number of aryl methyl sites for hydroxylation is 1. The third-order valence-corrected chi connectivity index (χ3v) is 1.21. The highest BCUT2D eigenvalue weighted by Gasteiger charge is 2.01. The van der Waals surface area contributed by atoms with E-state index in [4.69, 9.17) is 4.79 Å². The van der Waals surface area contributed by atoms with Gasteiger partial charge in [-0.05, 0) is 12.5 Å². The van der Waals surface area contributed by atoms with E-state index in [0.29, 0.717) is 0 Å². The first-order valence-electron chi connectivity index (χ1n) is 4.61. The van der Waals surface area contributed by atoms with Gasteiger partial charge in [-0.1, -0.05) is 39.8 Å². The van der Waals surface area contributed by atoms with Crippen LogP contribution in [0.1, 0.15) is 33.3 Å². The first kappa shape index (κ1) is 19.8.